The van der Waals surface area contributed by atoms with Gasteiger partial charge in [-0.1, -0.05) is 30.3 Å². The van der Waals surface area contributed by atoms with Gasteiger partial charge in [-0.05, 0) is 55.0 Å². The van der Waals surface area contributed by atoms with Gasteiger partial charge in [0.25, 0.3) is 5.91 Å². The molecular formula is C20H22N2O2. The molecular weight excluding hydrogens is 300 g/mol. The fourth-order valence-electron chi connectivity index (χ4n) is 2.93. The molecule has 2 N–H and O–H groups in total. The smallest absolute Gasteiger partial charge is 0.251 e. The van der Waals surface area contributed by atoms with Crippen LogP contribution in [0.1, 0.15) is 40.7 Å². The Balaban J connectivity index is 1.44. The summed E-state index contributed by atoms with van der Waals surface area (Å²) in [5.41, 5.74) is 3.85. The molecule has 0 unspecified atom stereocenters. The van der Waals surface area contributed by atoms with Gasteiger partial charge in [0.15, 0.2) is 0 Å². The number of aryl methyl sites for hydroxylation is 2. The van der Waals surface area contributed by atoms with E-state index < -0.39 is 0 Å². The molecule has 2 aromatic rings. The molecule has 0 saturated heterocycles. The van der Waals surface area contributed by atoms with Crippen LogP contribution in [0.5, 0.6) is 0 Å². The van der Waals surface area contributed by atoms with E-state index >= 15 is 0 Å². The number of anilines is 1. The molecule has 4 nitrogen and oxygen atoms in total. The van der Waals surface area contributed by atoms with E-state index in [1.165, 1.54) is 5.56 Å². The lowest BCUT2D eigenvalue weighted by Crippen LogP contribution is -2.25. The normalized spacial score (nSPS) is 13.1. The molecule has 24 heavy (non-hydrogen) atoms. The van der Waals surface area contributed by atoms with Gasteiger partial charge >= 0.3 is 0 Å². The number of amides is 2. The Hall–Kier alpha value is -2.62. The van der Waals surface area contributed by atoms with Crippen LogP contribution in [0.25, 0.3) is 0 Å². The van der Waals surface area contributed by atoms with Crippen molar-refractivity contribution in [3.63, 3.8) is 0 Å². The zero-order valence-corrected chi connectivity index (χ0v) is 13.7. The average Bonchev–Trinajstić information content (AvgIpc) is 2.61. The van der Waals surface area contributed by atoms with Crippen LogP contribution < -0.4 is 10.6 Å². The van der Waals surface area contributed by atoms with E-state index in [0.717, 1.165) is 30.5 Å². The van der Waals surface area contributed by atoms with Gasteiger partial charge in [0.1, 0.15) is 0 Å². The third-order valence-corrected chi connectivity index (χ3v) is 4.28. The second-order valence-electron chi connectivity index (χ2n) is 6.12. The molecule has 0 spiro atoms. The molecule has 2 amide bonds. The largest absolute Gasteiger partial charge is 0.352 e. The topological polar surface area (TPSA) is 58.2 Å². The number of hydrogen-bond donors (Lipinski definition) is 2. The Morgan fingerprint density at radius 3 is 2.71 bits per heavy atom. The number of rotatable bonds is 6. The monoisotopic (exact) mass is 322 g/mol. The van der Waals surface area contributed by atoms with Crippen LogP contribution in [-0.4, -0.2) is 18.4 Å². The maximum absolute atomic E-state index is 12.2. The minimum atomic E-state index is -0.0468. The predicted octanol–water partition coefficient (Wildman–Crippen LogP) is 3.32. The number of fused-ring (bicyclic) bond motifs is 1. The number of carbonyl (C=O) groups is 2. The Morgan fingerprint density at radius 1 is 1.04 bits per heavy atom. The van der Waals surface area contributed by atoms with Gasteiger partial charge in [-0.3, -0.25) is 9.59 Å². The van der Waals surface area contributed by atoms with E-state index in [1.54, 1.807) is 6.07 Å². The van der Waals surface area contributed by atoms with Crippen molar-refractivity contribution in [3.8, 4) is 0 Å². The quantitative estimate of drug-likeness (QED) is 0.802. The second kappa shape index (κ2) is 7.77. The van der Waals surface area contributed by atoms with Crippen molar-refractivity contribution in [2.45, 2.75) is 32.1 Å². The summed E-state index contributed by atoms with van der Waals surface area (Å²) in [6, 6.07) is 15.8. The molecule has 0 fully saturated rings. The third kappa shape index (κ3) is 4.22. The molecule has 1 aliphatic rings. The number of carbonyl (C=O) groups excluding carboxylic acids is 2. The van der Waals surface area contributed by atoms with Gasteiger partial charge in [-0.15, -0.1) is 0 Å². The standard InChI is InChI=1S/C20H22N2O2/c23-19-12-10-16-14-17(9-11-18(16)22-19)20(24)21-13-5-4-8-15-6-2-1-3-7-15/h1-3,6-7,9,11,14H,4-5,8,10,12-13H2,(H,21,24)(H,22,23). The number of unbranched alkanes of at least 4 members (excludes halogenated alkanes) is 1. The fourth-order valence-corrected chi connectivity index (χ4v) is 2.93. The van der Waals surface area contributed by atoms with Crippen molar-refractivity contribution in [2.24, 2.45) is 0 Å². The molecule has 0 aliphatic carbocycles. The van der Waals surface area contributed by atoms with Crippen molar-refractivity contribution < 1.29 is 9.59 Å². The summed E-state index contributed by atoms with van der Waals surface area (Å²) < 4.78 is 0. The Morgan fingerprint density at radius 2 is 1.88 bits per heavy atom. The maximum atomic E-state index is 12.2. The van der Waals surface area contributed by atoms with E-state index in [-0.39, 0.29) is 11.8 Å². The molecule has 3 rings (SSSR count). The van der Waals surface area contributed by atoms with Crippen LogP contribution in [0.2, 0.25) is 0 Å². The first-order valence-electron chi connectivity index (χ1n) is 8.47. The van der Waals surface area contributed by atoms with Crippen LogP contribution in [0.15, 0.2) is 48.5 Å². The third-order valence-electron chi connectivity index (χ3n) is 4.28. The predicted molar refractivity (Wildman–Crippen MR) is 95.1 cm³/mol. The first kappa shape index (κ1) is 16.2. The minimum Gasteiger partial charge on any atom is -0.352 e. The van der Waals surface area contributed by atoms with Crippen molar-refractivity contribution in [3.05, 3.63) is 65.2 Å². The summed E-state index contributed by atoms with van der Waals surface area (Å²) in [6.07, 6.45) is 4.23. The van der Waals surface area contributed by atoms with Crippen LogP contribution in [0.4, 0.5) is 5.69 Å². The van der Waals surface area contributed by atoms with Gasteiger partial charge < -0.3 is 10.6 Å². The number of benzene rings is 2. The van der Waals surface area contributed by atoms with E-state index in [9.17, 15) is 9.59 Å². The fraction of sp³-hybridized carbons (Fsp3) is 0.300. The van der Waals surface area contributed by atoms with Crippen LogP contribution >= 0.6 is 0 Å². The maximum Gasteiger partial charge on any atom is 0.251 e. The van der Waals surface area contributed by atoms with Crippen LogP contribution in [-0.2, 0) is 17.6 Å². The number of nitrogens with one attached hydrogen (secondary N) is 2. The zero-order chi connectivity index (χ0) is 16.8. The molecule has 4 heteroatoms. The van der Waals surface area contributed by atoms with Gasteiger partial charge in [-0.25, -0.2) is 0 Å². The molecule has 0 saturated carbocycles. The van der Waals surface area contributed by atoms with Crippen LogP contribution in [0.3, 0.4) is 0 Å². The van der Waals surface area contributed by atoms with Gasteiger partial charge in [-0.2, -0.15) is 0 Å². The molecule has 124 valence electrons. The molecule has 1 aliphatic heterocycles. The average molecular weight is 322 g/mol. The first-order chi connectivity index (χ1) is 11.7. The van der Waals surface area contributed by atoms with Crippen molar-refractivity contribution in [1.29, 1.82) is 0 Å². The summed E-state index contributed by atoms with van der Waals surface area (Å²) in [5.74, 6) is -0.00692. The second-order valence-corrected chi connectivity index (χ2v) is 6.12. The van der Waals surface area contributed by atoms with E-state index in [0.29, 0.717) is 24.9 Å². The highest BCUT2D eigenvalue weighted by Crippen LogP contribution is 2.23. The molecule has 1 heterocycles. The van der Waals surface area contributed by atoms with Gasteiger partial charge in [0, 0.05) is 24.2 Å². The summed E-state index contributed by atoms with van der Waals surface area (Å²) >= 11 is 0. The Labute approximate surface area is 142 Å². The molecule has 0 bridgehead atoms. The van der Waals surface area contributed by atoms with Crippen molar-refractivity contribution >= 4 is 17.5 Å². The molecule has 0 radical (unpaired) electrons. The lowest BCUT2D eigenvalue weighted by Gasteiger charge is -2.17. The highest BCUT2D eigenvalue weighted by Gasteiger charge is 2.16. The minimum absolute atomic E-state index is 0.0399. The molecule has 0 aromatic heterocycles. The Bertz CT molecular complexity index is 726. The lowest BCUT2D eigenvalue weighted by atomic mass is 10.00. The zero-order valence-electron chi connectivity index (χ0n) is 13.7. The lowest BCUT2D eigenvalue weighted by molar-refractivity contribution is -0.116. The first-order valence-corrected chi connectivity index (χ1v) is 8.47. The summed E-state index contributed by atoms with van der Waals surface area (Å²) in [5, 5.41) is 5.81. The number of hydrogen-bond acceptors (Lipinski definition) is 2. The summed E-state index contributed by atoms with van der Waals surface area (Å²) in [6.45, 7) is 0.680. The van der Waals surface area contributed by atoms with Gasteiger partial charge in [0.2, 0.25) is 5.91 Å². The summed E-state index contributed by atoms with van der Waals surface area (Å²) in [7, 11) is 0. The van der Waals surface area contributed by atoms with E-state index in [1.807, 2.05) is 18.2 Å². The van der Waals surface area contributed by atoms with Gasteiger partial charge in [0.05, 0.1) is 0 Å². The van der Waals surface area contributed by atoms with E-state index in [4.69, 9.17) is 0 Å². The Kier molecular flexibility index (Phi) is 5.26. The summed E-state index contributed by atoms with van der Waals surface area (Å²) in [4.78, 5) is 23.6. The highest BCUT2D eigenvalue weighted by atomic mass is 16.2. The highest BCUT2D eigenvalue weighted by molar-refractivity contribution is 5.97. The van der Waals surface area contributed by atoms with Crippen molar-refractivity contribution in [2.75, 3.05) is 11.9 Å². The van der Waals surface area contributed by atoms with E-state index in [2.05, 4.69) is 34.9 Å². The van der Waals surface area contributed by atoms with Crippen LogP contribution in [0, 0.1) is 0 Å². The molecule has 2 aromatic carbocycles. The van der Waals surface area contributed by atoms with Crippen molar-refractivity contribution in [1.82, 2.24) is 5.32 Å². The SMILES string of the molecule is O=C1CCc2cc(C(=O)NCCCCc3ccccc3)ccc2N1. The molecule has 0 atom stereocenters.